The normalized spacial score (nSPS) is 11.1. The second-order valence-electron chi connectivity index (χ2n) is 3.74. The van der Waals surface area contributed by atoms with Gasteiger partial charge < -0.3 is 20.5 Å². The minimum Gasteiger partial charge on any atom is -0.497 e. The highest BCUT2D eigenvalue weighted by Gasteiger charge is 2.19. The van der Waals surface area contributed by atoms with Gasteiger partial charge in [0.2, 0.25) is 0 Å². The van der Waals surface area contributed by atoms with Crippen LogP contribution in [0.4, 0.5) is 10.5 Å². The number of aliphatic carboxylic acids is 1. The Labute approximate surface area is 121 Å². The van der Waals surface area contributed by atoms with Crippen LogP contribution in [0.2, 0.25) is 5.02 Å². The lowest BCUT2D eigenvalue weighted by atomic mass is 10.2. The van der Waals surface area contributed by atoms with E-state index in [0.717, 1.165) is 0 Å². The Balaban J connectivity index is 2.75. The number of amides is 2. The summed E-state index contributed by atoms with van der Waals surface area (Å²) in [4.78, 5) is 22.6. The summed E-state index contributed by atoms with van der Waals surface area (Å²) in [6.45, 7) is 0. The number of urea groups is 1. The first-order valence-electron chi connectivity index (χ1n) is 5.55. The lowest BCUT2D eigenvalue weighted by Gasteiger charge is -2.14. The molecule has 106 valence electrons. The van der Waals surface area contributed by atoms with Crippen LogP contribution in [-0.4, -0.2) is 30.3 Å². The van der Waals surface area contributed by atoms with Crippen molar-refractivity contribution >= 4 is 29.3 Å². The molecule has 7 heteroatoms. The van der Waals surface area contributed by atoms with Gasteiger partial charge >= 0.3 is 12.0 Å². The Morgan fingerprint density at radius 3 is 2.80 bits per heavy atom. The van der Waals surface area contributed by atoms with Crippen molar-refractivity contribution in [2.45, 2.75) is 12.5 Å². The van der Waals surface area contributed by atoms with E-state index in [1.807, 2.05) is 0 Å². The standard InChI is InChI=1S/C13H13ClN2O4/c1-3-4-10(12(17)18)15-13(19)16-11-7-8(20-2)5-6-9(11)14/h1,5-7,10H,4H2,2H3,(H,17,18)(H2,15,16,19). The molecule has 0 bridgehead atoms. The molecule has 1 aromatic rings. The Hall–Kier alpha value is -2.39. The van der Waals surface area contributed by atoms with Crippen LogP contribution in [-0.2, 0) is 4.79 Å². The van der Waals surface area contributed by atoms with Gasteiger partial charge in [-0.3, -0.25) is 0 Å². The summed E-state index contributed by atoms with van der Waals surface area (Å²) in [6, 6.07) is 2.81. The number of anilines is 1. The minimum atomic E-state index is -1.21. The predicted octanol–water partition coefficient (Wildman–Crippen LogP) is 1.95. The van der Waals surface area contributed by atoms with Gasteiger partial charge in [-0.05, 0) is 12.1 Å². The van der Waals surface area contributed by atoms with E-state index < -0.39 is 18.0 Å². The molecule has 0 heterocycles. The maximum Gasteiger partial charge on any atom is 0.327 e. The quantitative estimate of drug-likeness (QED) is 0.725. The van der Waals surface area contributed by atoms with E-state index >= 15 is 0 Å². The van der Waals surface area contributed by atoms with Crippen molar-refractivity contribution in [3.05, 3.63) is 23.2 Å². The summed E-state index contributed by atoms with van der Waals surface area (Å²) in [7, 11) is 1.47. The molecular formula is C13H13ClN2O4. The maximum atomic E-state index is 11.7. The lowest BCUT2D eigenvalue weighted by Crippen LogP contribution is -2.42. The summed E-state index contributed by atoms with van der Waals surface area (Å²) < 4.78 is 5.00. The van der Waals surface area contributed by atoms with Gasteiger partial charge in [0.15, 0.2) is 0 Å². The van der Waals surface area contributed by atoms with Crippen LogP contribution in [0.5, 0.6) is 5.75 Å². The van der Waals surface area contributed by atoms with Gasteiger partial charge in [-0.2, -0.15) is 0 Å². The predicted molar refractivity (Wildman–Crippen MR) is 75.0 cm³/mol. The number of halogens is 1. The van der Waals surface area contributed by atoms with Crippen molar-refractivity contribution in [1.82, 2.24) is 5.32 Å². The number of nitrogens with one attached hydrogen (secondary N) is 2. The molecule has 0 spiro atoms. The molecule has 1 aromatic carbocycles. The Morgan fingerprint density at radius 1 is 1.55 bits per heavy atom. The molecule has 0 saturated heterocycles. The third-order valence-corrected chi connectivity index (χ3v) is 2.68. The Morgan fingerprint density at radius 2 is 2.25 bits per heavy atom. The molecule has 0 fully saturated rings. The highest BCUT2D eigenvalue weighted by Crippen LogP contribution is 2.26. The SMILES string of the molecule is C#CCC(NC(=O)Nc1cc(OC)ccc1Cl)C(=O)O. The molecule has 0 aliphatic heterocycles. The van der Waals surface area contributed by atoms with Crippen LogP contribution in [0.3, 0.4) is 0 Å². The number of carboxylic acids is 1. The van der Waals surface area contributed by atoms with Crippen molar-refractivity contribution in [1.29, 1.82) is 0 Å². The molecule has 0 saturated carbocycles. The first-order chi connectivity index (χ1) is 9.47. The summed E-state index contributed by atoms with van der Waals surface area (Å²) >= 11 is 5.91. The monoisotopic (exact) mass is 296 g/mol. The molecule has 2 amide bonds. The van der Waals surface area contributed by atoms with Crippen molar-refractivity contribution in [2.75, 3.05) is 12.4 Å². The van der Waals surface area contributed by atoms with Crippen molar-refractivity contribution in [3.8, 4) is 18.1 Å². The van der Waals surface area contributed by atoms with E-state index in [2.05, 4.69) is 16.6 Å². The van der Waals surface area contributed by atoms with Crippen LogP contribution in [0.25, 0.3) is 0 Å². The van der Waals surface area contributed by atoms with E-state index in [-0.39, 0.29) is 6.42 Å². The van der Waals surface area contributed by atoms with Gasteiger partial charge in [0, 0.05) is 12.5 Å². The highest BCUT2D eigenvalue weighted by atomic mass is 35.5. The zero-order chi connectivity index (χ0) is 15.1. The second kappa shape index (κ2) is 7.26. The van der Waals surface area contributed by atoms with Crippen molar-refractivity contribution < 1.29 is 19.4 Å². The van der Waals surface area contributed by atoms with Crippen molar-refractivity contribution in [3.63, 3.8) is 0 Å². The number of rotatable bonds is 5. The van der Waals surface area contributed by atoms with Crippen LogP contribution < -0.4 is 15.4 Å². The molecule has 20 heavy (non-hydrogen) atoms. The van der Waals surface area contributed by atoms with E-state index in [1.54, 1.807) is 12.1 Å². The highest BCUT2D eigenvalue weighted by molar-refractivity contribution is 6.33. The van der Waals surface area contributed by atoms with Gasteiger partial charge in [0.1, 0.15) is 11.8 Å². The number of methoxy groups -OCH3 is 1. The first kappa shape index (κ1) is 15.7. The lowest BCUT2D eigenvalue weighted by molar-refractivity contribution is -0.139. The summed E-state index contributed by atoms with van der Waals surface area (Å²) in [5, 5.41) is 13.8. The number of terminal acetylenes is 1. The molecule has 1 unspecified atom stereocenters. The number of carbonyl (C=O) groups is 2. The smallest absolute Gasteiger partial charge is 0.327 e. The molecule has 1 rings (SSSR count). The molecule has 6 nitrogen and oxygen atoms in total. The largest absolute Gasteiger partial charge is 0.497 e. The Bertz CT molecular complexity index is 554. The molecular weight excluding hydrogens is 284 g/mol. The molecule has 3 N–H and O–H groups in total. The topological polar surface area (TPSA) is 87.7 Å². The third kappa shape index (κ3) is 4.37. The van der Waals surface area contributed by atoms with Crippen LogP contribution in [0.1, 0.15) is 6.42 Å². The fourth-order valence-electron chi connectivity index (χ4n) is 1.36. The molecule has 0 aromatic heterocycles. The number of carbonyl (C=O) groups excluding carboxylic acids is 1. The zero-order valence-electron chi connectivity index (χ0n) is 10.6. The van der Waals surface area contributed by atoms with E-state index in [9.17, 15) is 9.59 Å². The maximum absolute atomic E-state index is 11.7. The van der Waals surface area contributed by atoms with Crippen molar-refractivity contribution in [2.24, 2.45) is 0 Å². The summed E-state index contributed by atoms with van der Waals surface area (Å²) in [6.07, 6.45) is 4.92. The van der Waals surface area contributed by atoms with Gasteiger partial charge in [0.25, 0.3) is 0 Å². The number of benzene rings is 1. The molecule has 0 aliphatic carbocycles. The van der Waals surface area contributed by atoms with Gasteiger partial charge in [-0.1, -0.05) is 11.6 Å². The van der Waals surface area contributed by atoms with E-state index in [1.165, 1.54) is 13.2 Å². The zero-order valence-corrected chi connectivity index (χ0v) is 11.4. The average molecular weight is 297 g/mol. The fraction of sp³-hybridized carbons (Fsp3) is 0.231. The first-order valence-corrected chi connectivity index (χ1v) is 5.93. The van der Waals surface area contributed by atoms with E-state index in [0.29, 0.717) is 16.5 Å². The number of carboxylic acid groups (broad SMARTS) is 1. The molecule has 0 radical (unpaired) electrons. The number of hydrogen-bond donors (Lipinski definition) is 3. The van der Waals surface area contributed by atoms with Gasteiger partial charge in [-0.25, -0.2) is 9.59 Å². The van der Waals surface area contributed by atoms with Gasteiger partial charge in [-0.15, -0.1) is 12.3 Å². The van der Waals surface area contributed by atoms with Crippen LogP contribution in [0, 0.1) is 12.3 Å². The third-order valence-electron chi connectivity index (χ3n) is 2.35. The Kier molecular flexibility index (Phi) is 5.69. The van der Waals surface area contributed by atoms with Gasteiger partial charge in [0.05, 0.1) is 17.8 Å². The number of hydrogen-bond acceptors (Lipinski definition) is 3. The fourth-order valence-corrected chi connectivity index (χ4v) is 1.53. The summed E-state index contributed by atoms with van der Waals surface area (Å²) in [5.74, 6) is 1.47. The van der Waals surface area contributed by atoms with Crippen LogP contribution >= 0.6 is 11.6 Å². The molecule has 1 atom stereocenters. The number of ether oxygens (including phenoxy) is 1. The van der Waals surface area contributed by atoms with E-state index in [4.69, 9.17) is 27.9 Å². The minimum absolute atomic E-state index is 0.116. The second-order valence-corrected chi connectivity index (χ2v) is 4.15. The van der Waals surface area contributed by atoms with Crippen LogP contribution in [0.15, 0.2) is 18.2 Å². The average Bonchev–Trinajstić information content (AvgIpc) is 2.40. The molecule has 0 aliphatic rings. The summed E-state index contributed by atoms with van der Waals surface area (Å²) in [5.41, 5.74) is 0.299.